The normalized spacial score (nSPS) is 27.9. The summed E-state index contributed by atoms with van der Waals surface area (Å²) in [5.41, 5.74) is 2.25. The van der Waals surface area contributed by atoms with Gasteiger partial charge in [-0.2, -0.15) is 0 Å². The molecule has 1 saturated carbocycles. The molecule has 0 spiro atoms. The van der Waals surface area contributed by atoms with Gasteiger partial charge in [-0.25, -0.2) is 0 Å². The van der Waals surface area contributed by atoms with Crippen molar-refractivity contribution in [2.45, 2.75) is 35.9 Å². The fraction of sp³-hybridized carbons (Fsp3) is 0.455. The van der Waals surface area contributed by atoms with E-state index in [-0.39, 0.29) is 10.00 Å². The van der Waals surface area contributed by atoms with Crippen LogP contribution in [0.5, 0.6) is 0 Å². The Morgan fingerprint density at radius 2 is 1.56 bits per heavy atom. The summed E-state index contributed by atoms with van der Waals surface area (Å²) >= 11 is 16.4. The summed E-state index contributed by atoms with van der Waals surface area (Å²) in [5, 5.41) is 12.7. The van der Waals surface area contributed by atoms with Crippen molar-refractivity contribution < 1.29 is 5.11 Å². The second-order valence-corrected chi connectivity index (χ2v) is 11.4. The van der Waals surface area contributed by atoms with Gasteiger partial charge < -0.3 is 5.11 Å². The van der Waals surface area contributed by atoms with Gasteiger partial charge >= 0.3 is 0 Å². The highest BCUT2D eigenvalue weighted by atomic mass is 35.5. The van der Waals surface area contributed by atoms with Crippen molar-refractivity contribution in [2.24, 2.45) is 11.8 Å². The van der Waals surface area contributed by atoms with Crippen LogP contribution in [0.3, 0.4) is 0 Å². The maximum atomic E-state index is 11.3. The van der Waals surface area contributed by atoms with Gasteiger partial charge in [0.15, 0.2) is 0 Å². The predicted molar refractivity (Wildman–Crippen MR) is 120 cm³/mol. The molecule has 4 rings (SSSR count). The van der Waals surface area contributed by atoms with Gasteiger partial charge in [-0.1, -0.05) is 54.4 Å². The SMILES string of the molecule is CCC1([C@@H]2[C@@H](c3ccc(Cl)cc3)[C@@H]2[C@H](O)c2ccc(Cl)cc2)SCCCS1. The number of aliphatic hydroxyl groups excluding tert-OH is 1. The lowest BCUT2D eigenvalue weighted by Crippen LogP contribution is -2.28. The zero-order valence-electron chi connectivity index (χ0n) is 15.3. The highest BCUT2D eigenvalue weighted by molar-refractivity contribution is 8.18. The molecule has 0 amide bonds. The van der Waals surface area contributed by atoms with Crippen molar-refractivity contribution in [2.75, 3.05) is 11.5 Å². The van der Waals surface area contributed by atoms with Crippen molar-refractivity contribution >= 4 is 46.7 Å². The van der Waals surface area contributed by atoms with E-state index >= 15 is 0 Å². The number of halogens is 2. The first-order valence-electron chi connectivity index (χ1n) is 9.52. The lowest BCUT2D eigenvalue weighted by Gasteiger charge is -2.36. The zero-order chi connectivity index (χ0) is 19.0. The van der Waals surface area contributed by atoms with Crippen LogP contribution < -0.4 is 0 Å². The minimum atomic E-state index is -0.473. The Bertz CT molecular complexity index is 772. The summed E-state index contributed by atoms with van der Waals surface area (Å²) in [5.74, 6) is 3.49. The third-order valence-electron chi connectivity index (χ3n) is 5.89. The van der Waals surface area contributed by atoms with E-state index in [2.05, 4.69) is 42.6 Å². The Labute approximate surface area is 180 Å². The Balaban J connectivity index is 1.67. The molecular weight excluding hydrogens is 415 g/mol. The quantitative estimate of drug-likeness (QED) is 0.540. The van der Waals surface area contributed by atoms with Crippen LogP contribution in [0.4, 0.5) is 0 Å². The van der Waals surface area contributed by atoms with E-state index in [1.165, 1.54) is 23.5 Å². The Morgan fingerprint density at radius 1 is 1.00 bits per heavy atom. The second kappa shape index (κ2) is 8.20. The smallest absolute Gasteiger partial charge is 0.0827 e. The number of aliphatic hydroxyl groups is 1. The van der Waals surface area contributed by atoms with Crippen molar-refractivity contribution in [1.82, 2.24) is 0 Å². The number of hydrogen-bond acceptors (Lipinski definition) is 3. The van der Waals surface area contributed by atoms with E-state index in [1.54, 1.807) is 0 Å². The molecule has 27 heavy (non-hydrogen) atoms. The first kappa shape index (κ1) is 20.0. The Kier molecular flexibility index (Phi) is 6.06. The molecule has 1 nitrogen and oxygen atoms in total. The van der Waals surface area contributed by atoms with Gasteiger partial charge in [-0.15, -0.1) is 23.5 Å². The van der Waals surface area contributed by atoms with Crippen LogP contribution >= 0.6 is 46.7 Å². The van der Waals surface area contributed by atoms with Gasteiger partial charge in [0.1, 0.15) is 0 Å². The minimum absolute atomic E-state index is 0.195. The highest BCUT2D eigenvalue weighted by Crippen LogP contribution is 2.71. The standard InChI is InChI=1S/C22H24Cl2OS2/c1-2-22(26-12-3-13-27-22)20-18(14-4-8-16(23)9-5-14)19(20)21(25)15-6-10-17(24)11-7-15/h4-11,18-21,25H,2-3,12-13H2,1H3/t18-,19-,20+,21+/m0/s1. The van der Waals surface area contributed by atoms with Crippen LogP contribution in [0.25, 0.3) is 0 Å². The lowest BCUT2D eigenvalue weighted by atomic mass is 10.0. The molecule has 0 radical (unpaired) electrons. The fourth-order valence-corrected chi connectivity index (χ4v) is 8.45. The molecule has 1 heterocycles. The van der Waals surface area contributed by atoms with Crippen molar-refractivity contribution in [3.63, 3.8) is 0 Å². The van der Waals surface area contributed by atoms with Gasteiger partial charge in [0.25, 0.3) is 0 Å². The Morgan fingerprint density at radius 3 is 2.11 bits per heavy atom. The van der Waals surface area contributed by atoms with Gasteiger partial charge in [-0.3, -0.25) is 0 Å². The molecule has 2 aromatic rings. The summed E-state index contributed by atoms with van der Waals surface area (Å²) in [4.78, 5) is 0. The maximum absolute atomic E-state index is 11.3. The minimum Gasteiger partial charge on any atom is -0.388 e. The molecule has 1 saturated heterocycles. The van der Waals surface area contributed by atoms with Crippen molar-refractivity contribution in [3.8, 4) is 0 Å². The summed E-state index contributed by atoms with van der Waals surface area (Å²) in [6.45, 7) is 2.30. The summed E-state index contributed by atoms with van der Waals surface area (Å²) < 4.78 is 0.195. The molecule has 1 aliphatic heterocycles. The van der Waals surface area contributed by atoms with E-state index in [0.29, 0.717) is 16.9 Å². The maximum Gasteiger partial charge on any atom is 0.0827 e. The fourth-order valence-electron chi connectivity index (χ4n) is 4.51. The van der Waals surface area contributed by atoms with E-state index in [4.69, 9.17) is 23.2 Å². The first-order valence-corrected chi connectivity index (χ1v) is 12.3. The van der Waals surface area contributed by atoms with E-state index < -0.39 is 6.10 Å². The second-order valence-electron chi connectivity index (χ2n) is 7.39. The van der Waals surface area contributed by atoms with Crippen molar-refractivity contribution in [1.29, 1.82) is 0 Å². The van der Waals surface area contributed by atoms with Crippen LogP contribution in [0.2, 0.25) is 10.0 Å². The molecule has 0 bridgehead atoms. The van der Waals surface area contributed by atoms with Crippen LogP contribution in [-0.2, 0) is 0 Å². The van der Waals surface area contributed by atoms with E-state index in [0.717, 1.165) is 17.0 Å². The molecule has 4 atom stereocenters. The molecule has 0 unspecified atom stereocenters. The number of hydrogen-bond donors (Lipinski definition) is 1. The molecule has 1 N–H and O–H groups in total. The van der Waals surface area contributed by atoms with Gasteiger partial charge in [0.05, 0.1) is 10.2 Å². The summed E-state index contributed by atoms with van der Waals surface area (Å²) in [6.07, 6.45) is 1.93. The topological polar surface area (TPSA) is 20.2 Å². The monoisotopic (exact) mass is 438 g/mol. The van der Waals surface area contributed by atoms with Crippen LogP contribution in [0, 0.1) is 11.8 Å². The van der Waals surface area contributed by atoms with Crippen LogP contribution in [-0.4, -0.2) is 20.7 Å². The highest BCUT2D eigenvalue weighted by Gasteiger charge is 2.64. The number of rotatable bonds is 5. The average Bonchev–Trinajstić information content (AvgIpc) is 3.45. The molecule has 5 heteroatoms. The lowest BCUT2D eigenvalue weighted by molar-refractivity contribution is 0.144. The molecular formula is C22H24Cl2OS2. The molecule has 1 aliphatic carbocycles. The van der Waals surface area contributed by atoms with Gasteiger partial charge in [-0.05, 0) is 71.6 Å². The zero-order valence-corrected chi connectivity index (χ0v) is 18.4. The van der Waals surface area contributed by atoms with Gasteiger partial charge in [0, 0.05) is 16.0 Å². The largest absolute Gasteiger partial charge is 0.388 e. The van der Waals surface area contributed by atoms with Crippen LogP contribution in [0.1, 0.15) is 42.9 Å². The Hall–Kier alpha value is -0.320. The van der Waals surface area contributed by atoms with Gasteiger partial charge in [0.2, 0.25) is 0 Å². The molecule has 144 valence electrons. The molecule has 0 aromatic heterocycles. The van der Waals surface area contributed by atoms with E-state index in [9.17, 15) is 5.11 Å². The third kappa shape index (κ3) is 3.91. The van der Waals surface area contributed by atoms with Crippen LogP contribution in [0.15, 0.2) is 48.5 Å². The van der Waals surface area contributed by atoms with E-state index in [1.807, 2.05) is 36.4 Å². The predicted octanol–water partition coefficient (Wildman–Crippen LogP) is 7.03. The summed E-state index contributed by atoms with van der Waals surface area (Å²) in [6, 6.07) is 15.9. The van der Waals surface area contributed by atoms with Crippen molar-refractivity contribution in [3.05, 3.63) is 69.7 Å². The number of benzene rings is 2. The number of thioether (sulfide) groups is 2. The third-order valence-corrected chi connectivity index (χ3v) is 10.2. The average molecular weight is 439 g/mol. The molecule has 2 aromatic carbocycles. The molecule has 2 fully saturated rings. The first-order chi connectivity index (χ1) is 13.1. The summed E-state index contributed by atoms with van der Waals surface area (Å²) in [7, 11) is 0. The molecule has 2 aliphatic rings.